The summed E-state index contributed by atoms with van der Waals surface area (Å²) in [5.74, 6) is 0.243. The molecule has 9 N–H and O–H groups in total. The molecule has 0 fully saturated rings. The maximum atomic E-state index is 12.4. The molecule has 1 atom stereocenters. The number of aryl methyl sites for hydroxylation is 1. The predicted octanol–water partition coefficient (Wildman–Crippen LogP) is 2.74. The van der Waals surface area contributed by atoms with Gasteiger partial charge in [0, 0.05) is 24.2 Å². The summed E-state index contributed by atoms with van der Waals surface area (Å²) >= 11 is 1.38. The van der Waals surface area contributed by atoms with Crippen molar-refractivity contribution in [2.24, 2.45) is 11.5 Å². The molecule has 0 aliphatic heterocycles. The Kier molecular flexibility index (Phi) is 11.2. The third-order valence-corrected chi connectivity index (χ3v) is 6.57. The summed E-state index contributed by atoms with van der Waals surface area (Å²) < 4.78 is 0. The number of nitrogens with one attached hydrogen (secondary N) is 2. The van der Waals surface area contributed by atoms with E-state index >= 15 is 0 Å². The van der Waals surface area contributed by atoms with Crippen LogP contribution in [-0.2, 0) is 28.9 Å². The Labute approximate surface area is 227 Å². The first-order valence-corrected chi connectivity index (χ1v) is 13.4. The fourth-order valence-corrected chi connectivity index (χ4v) is 4.48. The molecule has 0 bridgehead atoms. The summed E-state index contributed by atoms with van der Waals surface area (Å²) in [6.45, 7) is 1.91. The summed E-state index contributed by atoms with van der Waals surface area (Å²) in [6, 6.07) is 17.2. The predicted molar refractivity (Wildman–Crippen MR) is 150 cm³/mol. The minimum Gasteiger partial charge on any atom is -0.402 e. The second kappa shape index (κ2) is 14.8. The van der Waals surface area contributed by atoms with Crippen molar-refractivity contribution < 1.29 is 15.3 Å². The molecule has 10 heteroatoms. The number of rotatable bonds is 13. The van der Waals surface area contributed by atoms with Gasteiger partial charge in [-0.1, -0.05) is 65.9 Å². The van der Waals surface area contributed by atoms with Gasteiger partial charge in [-0.3, -0.25) is 14.9 Å². The van der Waals surface area contributed by atoms with Crippen LogP contribution in [0.3, 0.4) is 0 Å². The number of quaternary nitrogens is 1. The summed E-state index contributed by atoms with van der Waals surface area (Å²) in [4.78, 5) is 24.5. The molecular formula is C28H36N7O2S+. The third kappa shape index (κ3) is 10.3. The number of hydrogen-bond acceptors (Lipinski definition) is 7. The highest BCUT2D eigenvalue weighted by Gasteiger charge is 2.10. The second-order valence-corrected chi connectivity index (χ2v) is 10.2. The van der Waals surface area contributed by atoms with E-state index in [2.05, 4.69) is 26.6 Å². The maximum Gasteiger partial charge on any atom is 0.232 e. The standard InChI is InChI=1S/C28H35N7O2S/c1-19(29)22-11-7-10-21(16-22)18-26(37)33-28-35-34-27(38-28)13-6-5-12-23(30)14-15-24(31)32-25(36)17-20-8-3-2-4-9-20/h2-4,7-11,14-16,19H,5-6,12-13,17-18,29-31H2,1H3,(H,32,36)(H,33,35,37)/p+1. The zero-order chi connectivity index (χ0) is 27.3. The quantitative estimate of drug-likeness (QED) is 0.167. The number of amides is 2. The molecule has 9 nitrogen and oxygen atoms in total. The zero-order valence-electron chi connectivity index (χ0n) is 21.7. The van der Waals surface area contributed by atoms with Gasteiger partial charge in [0.05, 0.1) is 12.8 Å². The Morgan fingerprint density at radius 2 is 1.74 bits per heavy atom. The van der Waals surface area contributed by atoms with E-state index < -0.39 is 0 Å². The molecule has 1 unspecified atom stereocenters. The van der Waals surface area contributed by atoms with E-state index in [-0.39, 0.29) is 24.3 Å². The van der Waals surface area contributed by atoms with Gasteiger partial charge < -0.3 is 22.5 Å². The first-order chi connectivity index (χ1) is 18.3. The molecule has 1 aromatic heterocycles. The lowest BCUT2D eigenvalue weighted by Gasteiger charge is -2.07. The molecule has 3 aromatic rings. The van der Waals surface area contributed by atoms with Crippen LogP contribution in [0.25, 0.3) is 0 Å². The number of unbranched alkanes of at least 4 members (excludes halogenated alkanes) is 1. The fourth-order valence-electron chi connectivity index (χ4n) is 3.68. The fraction of sp³-hybridized carbons (Fsp3) is 0.286. The second-order valence-electron chi connectivity index (χ2n) is 9.11. The number of anilines is 1. The topological polar surface area (TPSA) is 164 Å². The zero-order valence-corrected chi connectivity index (χ0v) is 22.5. The van der Waals surface area contributed by atoms with Gasteiger partial charge in [-0.15, -0.1) is 10.2 Å². The minimum atomic E-state index is -0.137. The van der Waals surface area contributed by atoms with Gasteiger partial charge >= 0.3 is 0 Å². The molecule has 0 spiro atoms. The van der Waals surface area contributed by atoms with Crippen molar-refractivity contribution in [1.29, 1.82) is 0 Å². The molecule has 200 valence electrons. The van der Waals surface area contributed by atoms with Gasteiger partial charge in [0.15, 0.2) is 0 Å². The number of nitrogens with two attached hydrogens (primary N) is 2. The van der Waals surface area contributed by atoms with Crippen molar-refractivity contribution >= 4 is 28.3 Å². The maximum absolute atomic E-state index is 12.4. The van der Waals surface area contributed by atoms with Crippen molar-refractivity contribution in [1.82, 2.24) is 15.5 Å². The van der Waals surface area contributed by atoms with E-state index in [9.17, 15) is 9.59 Å². The minimum absolute atomic E-state index is 0.0787. The lowest BCUT2D eigenvalue weighted by Crippen LogP contribution is -2.55. The van der Waals surface area contributed by atoms with Crippen LogP contribution in [0.5, 0.6) is 0 Å². The summed E-state index contributed by atoms with van der Waals surface area (Å²) in [5.41, 5.74) is 19.4. The Morgan fingerprint density at radius 1 is 1.00 bits per heavy atom. The van der Waals surface area contributed by atoms with Crippen molar-refractivity contribution in [3.8, 4) is 0 Å². The van der Waals surface area contributed by atoms with Crippen molar-refractivity contribution in [2.45, 2.75) is 51.5 Å². The van der Waals surface area contributed by atoms with E-state index in [1.165, 1.54) is 11.3 Å². The molecule has 38 heavy (non-hydrogen) atoms. The van der Waals surface area contributed by atoms with Crippen molar-refractivity contribution in [2.75, 3.05) is 5.32 Å². The number of benzene rings is 2. The third-order valence-electron chi connectivity index (χ3n) is 5.67. The number of carbonyl (C=O) groups excluding carboxylic acids is 2. The van der Waals surface area contributed by atoms with Crippen molar-refractivity contribution in [3.63, 3.8) is 0 Å². The summed E-state index contributed by atoms with van der Waals surface area (Å²) in [7, 11) is 0. The molecule has 1 heterocycles. The molecule has 2 amide bonds. The van der Waals surface area contributed by atoms with Gasteiger partial charge in [-0.2, -0.15) is 0 Å². The average molecular weight is 535 g/mol. The highest BCUT2D eigenvalue weighted by Crippen LogP contribution is 2.19. The van der Waals surface area contributed by atoms with Crippen LogP contribution in [0.15, 0.2) is 78.3 Å². The van der Waals surface area contributed by atoms with E-state index in [4.69, 9.17) is 11.5 Å². The van der Waals surface area contributed by atoms with E-state index in [0.29, 0.717) is 29.5 Å². The van der Waals surface area contributed by atoms with Crippen LogP contribution in [-0.4, -0.2) is 22.0 Å². The van der Waals surface area contributed by atoms with Crippen LogP contribution in [0.1, 0.15) is 53.9 Å². The van der Waals surface area contributed by atoms with E-state index in [0.717, 1.165) is 41.0 Å². The molecule has 2 aromatic carbocycles. The highest BCUT2D eigenvalue weighted by molar-refractivity contribution is 7.15. The first kappa shape index (κ1) is 28.7. The molecule has 0 saturated carbocycles. The SMILES string of the molecule is CC(N)c1cccc(CC(=O)Nc2nnc(CCCCC(N)=CC=C([NH3+])NC(=O)Cc3ccccc3)s2)c1. The van der Waals surface area contributed by atoms with Gasteiger partial charge in [-0.05, 0) is 49.0 Å². The van der Waals surface area contributed by atoms with Gasteiger partial charge in [-0.25, -0.2) is 0 Å². The Balaban J connectivity index is 1.35. The lowest BCUT2D eigenvalue weighted by molar-refractivity contribution is -0.310. The van der Waals surface area contributed by atoms with Crippen LogP contribution in [0.2, 0.25) is 0 Å². The van der Waals surface area contributed by atoms with Gasteiger partial charge in [0.25, 0.3) is 0 Å². The molecule has 0 aliphatic rings. The summed E-state index contributed by atoms with van der Waals surface area (Å²) in [6.07, 6.45) is 7.26. The molecule has 0 saturated heterocycles. The van der Waals surface area contributed by atoms with E-state index in [1.54, 1.807) is 12.2 Å². The normalized spacial score (nSPS) is 12.7. The monoisotopic (exact) mass is 534 g/mol. The van der Waals surface area contributed by atoms with Crippen LogP contribution in [0.4, 0.5) is 5.13 Å². The lowest BCUT2D eigenvalue weighted by atomic mass is 10.0. The molecule has 3 rings (SSSR count). The summed E-state index contributed by atoms with van der Waals surface area (Å²) in [5, 5.41) is 15.2. The smallest absolute Gasteiger partial charge is 0.232 e. The molecular weight excluding hydrogens is 498 g/mol. The largest absolute Gasteiger partial charge is 0.402 e. The number of nitrogens with zero attached hydrogens (tertiary/aromatic N) is 2. The van der Waals surface area contributed by atoms with Gasteiger partial charge in [0.1, 0.15) is 5.01 Å². The Morgan fingerprint density at radius 3 is 2.50 bits per heavy atom. The highest BCUT2D eigenvalue weighted by atomic mass is 32.1. The number of allylic oxidation sites excluding steroid dienone is 3. The number of aromatic nitrogens is 2. The Bertz CT molecular complexity index is 1270. The Hall–Kier alpha value is -3.86. The average Bonchev–Trinajstić information content (AvgIpc) is 3.32. The molecule has 0 aliphatic carbocycles. The first-order valence-electron chi connectivity index (χ1n) is 12.6. The van der Waals surface area contributed by atoms with Crippen molar-refractivity contribution in [3.05, 3.63) is 100.0 Å². The van der Waals surface area contributed by atoms with Gasteiger partial charge in [0.2, 0.25) is 22.8 Å². The number of hydrogen-bond donors (Lipinski definition) is 5. The van der Waals surface area contributed by atoms with Crippen LogP contribution >= 0.6 is 11.3 Å². The van der Waals surface area contributed by atoms with Crippen LogP contribution < -0.4 is 27.8 Å². The molecule has 0 radical (unpaired) electrons. The number of carbonyl (C=O) groups is 2. The van der Waals surface area contributed by atoms with Crippen LogP contribution in [0, 0.1) is 0 Å². The van der Waals surface area contributed by atoms with E-state index in [1.807, 2.05) is 61.5 Å².